The number of carboxylic acids is 1. The van der Waals surface area contributed by atoms with Gasteiger partial charge in [0, 0.05) is 31.3 Å². The summed E-state index contributed by atoms with van der Waals surface area (Å²) in [4.78, 5) is 27.6. The van der Waals surface area contributed by atoms with Crippen LogP contribution in [0.15, 0.2) is 36.5 Å². The van der Waals surface area contributed by atoms with Crippen LogP contribution in [0.5, 0.6) is 0 Å². The van der Waals surface area contributed by atoms with Crippen LogP contribution in [0.25, 0.3) is 17.2 Å². The summed E-state index contributed by atoms with van der Waals surface area (Å²) in [5.41, 5.74) is 3.80. The molecule has 1 saturated heterocycles. The normalized spacial score (nSPS) is 16.3. The van der Waals surface area contributed by atoms with Gasteiger partial charge in [0.2, 0.25) is 0 Å². The fourth-order valence-electron chi connectivity index (χ4n) is 5.35. The number of nitrogens with zero attached hydrogens (tertiary/aromatic N) is 4. The largest absolute Gasteiger partial charge is 0.479 e. The molecule has 0 spiro atoms. The van der Waals surface area contributed by atoms with Crippen molar-refractivity contribution in [3.05, 3.63) is 69.9 Å². The minimum Gasteiger partial charge on any atom is -0.479 e. The quantitative estimate of drug-likeness (QED) is 0.244. The number of aromatic amines is 1. The summed E-state index contributed by atoms with van der Waals surface area (Å²) in [6, 6.07) is 8.15. The van der Waals surface area contributed by atoms with E-state index in [0.29, 0.717) is 40.0 Å². The van der Waals surface area contributed by atoms with Crippen LogP contribution in [0.3, 0.4) is 0 Å². The first-order valence-electron chi connectivity index (χ1n) is 13.9. The van der Waals surface area contributed by atoms with E-state index in [4.69, 9.17) is 21.3 Å². The van der Waals surface area contributed by atoms with Crippen molar-refractivity contribution in [2.75, 3.05) is 18.0 Å². The summed E-state index contributed by atoms with van der Waals surface area (Å²) in [6.07, 6.45) is 3.13. The average molecular weight is 582 g/mol. The molecule has 1 aliphatic rings. The lowest BCUT2D eigenvalue weighted by Gasteiger charge is -2.40. The molecule has 218 valence electrons. The topological polar surface area (TPSA) is 95.8 Å². The number of aromatic nitrogens is 4. The zero-order valence-corrected chi connectivity index (χ0v) is 25.1. The fraction of sp³-hybridized carbons (Fsp3) is 0.452. The maximum atomic E-state index is 13.4. The minimum atomic E-state index is -1.16. The predicted octanol–water partition coefficient (Wildman–Crippen LogP) is 6.98. The Labute approximate surface area is 244 Å². The van der Waals surface area contributed by atoms with E-state index in [9.17, 15) is 14.3 Å². The highest BCUT2D eigenvalue weighted by molar-refractivity contribution is 6.30. The van der Waals surface area contributed by atoms with Crippen molar-refractivity contribution in [2.45, 2.75) is 72.5 Å². The van der Waals surface area contributed by atoms with E-state index < -0.39 is 17.7 Å². The third kappa shape index (κ3) is 6.26. The number of hydrogen-bond acceptors (Lipinski definition) is 5. The van der Waals surface area contributed by atoms with Gasteiger partial charge in [-0.3, -0.25) is 4.40 Å². The monoisotopic (exact) mass is 581 g/mol. The van der Waals surface area contributed by atoms with Crippen LogP contribution in [0.4, 0.5) is 10.2 Å². The number of aliphatic carboxylic acids is 1. The Bertz CT molecular complexity index is 1580. The highest BCUT2D eigenvalue weighted by Crippen LogP contribution is 2.40. The molecule has 3 aromatic heterocycles. The van der Waals surface area contributed by atoms with Gasteiger partial charge < -0.3 is 19.7 Å². The molecule has 41 heavy (non-hydrogen) atoms. The number of imidazole rings is 2. The summed E-state index contributed by atoms with van der Waals surface area (Å²) in [6.45, 7) is 13.6. The van der Waals surface area contributed by atoms with Gasteiger partial charge in [0.15, 0.2) is 17.1 Å². The van der Waals surface area contributed by atoms with E-state index in [-0.39, 0.29) is 11.2 Å². The fourth-order valence-corrected chi connectivity index (χ4v) is 5.55. The molecule has 4 aromatic rings. The molecule has 0 aliphatic carbocycles. The number of pyridine rings is 1. The molecule has 8 nitrogen and oxygen atoms in total. The third-order valence-corrected chi connectivity index (χ3v) is 7.92. The highest BCUT2D eigenvalue weighted by Gasteiger charge is 2.35. The van der Waals surface area contributed by atoms with Crippen molar-refractivity contribution < 1.29 is 19.0 Å². The molecule has 0 saturated carbocycles. The number of H-pyrrole nitrogens is 1. The summed E-state index contributed by atoms with van der Waals surface area (Å²) < 4.78 is 21.5. The number of halogens is 2. The van der Waals surface area contributed by atoms with Gasteiger partial charge in [0.1, 0.15) is 23.0 Å². The number of hydrogen-bond donors (Lipinski definition) is 2. The summed E-state index contributed by atoms with van der Waals surface area (Å²) in [7, 11) is 0. The summed E-state index contributed by atoms with van der Waals surface area (Å²) in [5, 5.41) is 10.6. The number of rotatable bonds is 7. The second-order valence-electron chi connectivity index (χ2n) is 12.7. The number of nitrogens with one attached hydrogen (secondary N) is 1. The Hall–Kier alpha value is -3.43. The van der Waals surface area contributed by atoms with Gasteiger partial charge >= 0.3 is 5.97 Å². The van der Waals surface area contributed by atoms with E-state index in [0.717, 1.165) is 42.9 Å². The van der Waals surface area contributed by atoms with E-state index in [2.05, 4.69) is 28.7 Å². The Morgan fingerprint density at radius 3 is 2.46 bits per heavy atom. The first-order valence-corrected chi connectivity index (χ1v) is 14.3. The zero-order valence-electron chi connectivity index (χ0n) is 24.4. The molecule has 0 radical (unpaired) electrons. The maximum Gasteiger partial charge on any atom is 0.337 e. The van der Waals surface area contributed by atoms with Crippen LogP contribution in [0.1, 0.15) is 75.9 Å². The molecule has 1 fully saturated rings. The minimum absolute atomic E-state index is 0.208. The second kappa shape index (κ2) is 10.8. The van der Waals surface area contributed by atoms with Crippen molar-refractivity contribution >= 4 is 29.0 Å². The van der Waals surface area contributed by atoms with Crippen LogP contribution in [0.2, 0.25) is 5.15 Å². The SMILES string of the molecule is Cc1cc2nc(-c3nc(Cl)c(Cc4ccc(F)cc4)[nH]3)cn2c(N2CCC(C)(C)CC2)c1C(OC(C)(C)C)C(=O)O. The molecule has 1 unspecified atom stereocenters. The van der Waals surface area contributed by atoms with Gasteiger partial charge in [-0.1, -0.05) is 37.6 Å². The number of carboxylic acid groups (broad SMARTS) is 1. The lowest BCUT2D eigenvalue weighted by atomic mass is 9.82. The maximum absolute atomic E-state index is 13.4. The first kappa shape index (κ1) is 29.1. The molecule has 5 rings (SSSR count). The molecule has 0 bridgehead atoms. The van der Waals surface area contributed by atoms with E-state index >= 15 is 0 Å². The lowest BCUT2D eigenvalue weighted by molar-refractivity contribution is -0.160. The van der Waals surface area contributed by atoms with Crippen molar-refractivity contribution in [3.63, 3.8) is 0 Å². The van der Waals surface area contributed by atoms with Crippen molar-refractivity contribution in [3.8, 4) is 11.5 Å². The highest BCUT2D eigenvalue weighted by atomic mass is 35.5. The Balaban J connectivity index is 1.62. The van der Waals surface area contributed by atoms with Gasteiger partial charge in [0.05, 0.1) is 11.3 Å². The van der Waals surface area contributed by atoms with Crippen LogP contribution in [-0.2, 0) is 16.0 Å². The zero-order chi connectivity index (χ0) is 29.7. The second-order valence-corrected chi connectivity index (χ2v) is 13.0. The van der Waals surface area contributed by atoms with E-state index in [1.54, 1.807) is 12.1 Å². The molecule has 0 amide bonds. The van der Waals surface area contributed by atoms with Crippen molar-refractivity contribution in [1.82, 2.24) is 19.4 Å². The number of anilines is 1. The molecule has 2 N–H and O–H groups in total. The molecule has 10 heteroatoms. The Kier molecular flexibility index (Phi) is 7.63. The molecule has 1 atom stereocenters. The average Bonchev–Trinajstić information content (AvgIpc) is 3.46. The Morgan fingerprint density at radius 1 is 1.20 bits per heavy atom. The standard InChI is InChI=1S/C31H37ClFN5O3/c1-18-15-23-34-22(27-35-21(26(32)36-27)16-19-7-9-20(33)10-8-19)17-38(23)28(37-13-11-31(5,6)12-14-37)24(18)25(29(39)40)41-30(2,3)4/h7-10,15,17,25H,11-14,16H2,1-6H3,(H,35,36)(H,39,40). The van der Waals surface area contributed by atoms with E-state index in [1.807, 2.05) is 44.4 Å². The number of ether oxygens (including phenoxy) is 1. The van der Waals surface area contributed by atoms with E-state index in [1.165, 1.54) is 12.1 Å². The number of aryl methyl sites for hydroxylation is 1. The van der Waals surface area contributed by atoms with Gasteiger partial charge in [0.25, 0.3) is 0 Å². The first-order chi connectivity index (χ1) is 19.2. The smallest absolute Gasteiger partial charge is 0.337 e. The van der Waals surface area contributed by atoms with Crippen molar-refractivity contribution in [2.24, 2.45) is 5.41 Å². The number of fused-ring (bicyclic) bond motifs is 1. The molecule has 4 heterocycles. The van der Waals surface area contributed by atoms with Gasteiger partial charge in [-0.25, -0.2) is 19.2 Å². The van der Waals surface area contributed by atoms with Gasteiger partial charge in [-0.2, -0.15) is 0 Å². The molecular formula is C31H37ClFN5O3. The summed E-state index contributed by atoms with van der Waals surface area (Å²) in [5.74, 6) is -0.0586. The third-order valence-electron chi connectivity index (χ3n) is 7.61. The number of benzene rings is 1. The predicted molar refractivity (Wildman–Crippen MR) is 158 cm³/mol. The van der Waals surface area contributed by atoms with Crippen LogP contribution in [-0.4, -0.2) is 49.1 Å². The summed E-state index contributed by atoms with van der Waals surface area (Å²) >= 11 is 6.50. The number of piperidine rings is 1. The van der Waals surface area contributed by atoms with Crippen LogP contribution in [0, 0.1) is 18.2 Å². The van der Waals surface area contributed by atoms with Gasteiger partial charge in [-0.05, 0) is 75.3 Å². The number of carbonyl (C=O) groups is 1. The van der Waals surface area contributed by atoms with Crippen LogP contribution >= 0.6 is 11.6 Å². The van der Waals surface area contributed by atoms with Gasteiger partial charge in [-0.15, -0.1) is 0 Å². The molecular weight excluding hydrogens is 545 g/mol. The van der Waals surface area contributed by atoms with Crippen molar-refractivity contribution in [1.29, 1.82) is 0 Å². The van der Waals surface area contributed by atoms with Crippen LogP contribution < -0.4 is 4.90 Å². The molecule has 1 aliphatic heterocycles. The lowest BCUT2D eigenvalue weighted by Crippen LogP contribution is -2.40. The molecule has 1 aromatic carbocycles. The Morgan fingerprint density at radius 2 is 1.85 bits per heavy atom.